The molecule has 36 heavy (non-hydrogen) atoms. The lowest BCUT2D eigenvalue weighted by molar-refractivity contribution is -0.385. The van der Waals surface area contributed by atoms with Crippen LogP contribution in [-0.2, 0) is 9.59 Å². The molecule has 0 saturated carbocycles. The SMILES string of the molecule is COc1ccc([N+](=O)[O-])cc1N1C(=O)[C@@H]2C(c3ccc([N+](=O)[O-])cc3)=NN(c3ccccc3)[C@H]2C1=O. The lowest BCUT2D eigenvalue weighted by Crippen LogP contribution is -2.39. The smallest absolute Gasteiger partial charge is 0.271 e. The predicted molar refractivity (Wildman–Crippen MR) is 128 cm³/mol. The van der Waals surface area contributed by atoms with Gasteiger partial charge in [-0.15, -0.1) is 0 Å². The number of hydrogen-bond acceptors (Lipinski definition) is 9. The fraction of sp³-hybridized carbons (Fsp3) is 0.125. The molecule has 12 heteroatoms. The summed E-state index contributed by atoms with van der Waals surface area (Å²) in [5, 5.41) is 28.5. The normalized spacial score (nSPS) is 18.8. The minimum absolute atomic E-state index is 0.0489. The fourth-order valence-corrected chi connectivity index (χ4v) is 4.40. The van der Waals surface area contributed by atoms with Crippen molar-refractivity contribution in [1.82, 2.24) is 0 Å². The lowest BCUT2D eigenvalue weighted by atomic mass is 9.92. The van der Waals surface area contributed by atoms with Gasteiger partial charge in [0.05, 0.1) is 28.4 Å². The van der Waals surface area contributed by atoms with Crippen LogP contribution in [0, 0.1) is 26.1 Å². The van der Waals surface area contributed by atoms with Crippen LogP contribution in [-0.4, -0.2) is 40.5 Å². The molecule has 2 amide bonds. The Kier molecular flexibility index (Phi) is 5.40. The summed E-state index contributed by atoms with van der Waals surface area (Å²) >= 11 is 0. The van der Waals surface area contributed by atoms with Crippen molar-refractivity contribution < 1.29 is 24.2 Å². The highest BCUT2D eigenvalue weighted by Gasteiger charge is 2.58. The van der Waals surface area contributed by atoms with Gasteiger partial charge < -0.3 is 4.74 Å². The molecule has 3 aromatic rings. The van der Waals surface area contributed by atoms with Crippen molar-refractivity contribution in [2.45, 2.75) is 6.04 Å². The first-order valence-electron chi connectivity index (χ1n) is 10.7. The Morgan fingerprint density at radius 2 is 1.50 bits per heavy atom. The van der Waals surface area contributed by atoms with E-state index in [0.29, 0.717) is 11.3 Å². The largest absolute Gasteiger partial charge is 0.495 e. The minimum Gasteiger partial charge on any atom is -0.495 e. The highest BCUT2D eigenvalue weighted by atomic mass is 16.6. The average molecular weight is 487 g/mol. The van der Waals surface area contributed by atoms with E-state index in [9.17, 15) is 29.8 Å². The maximum Gasteiger partial charge on any atom is 0.271 e. The summed E-state index contributed by atoms with van der Waals surface area (Å²) in [4.78, 5) is 49.7. The Labute approximate surface area is 203 Å². The maximum absolute atomic E-state index is 13.7. The second-order valence-electron chi connectivity index (χ2n) is 8.02. The van der Waals surface area contributed by atoms with Gasteiger partial charge >= 0.3 is 0 Å². The summed E-state index contributed by atoms with van der Waals surface area (Å²) in [6.45, 7) is 0. The van der Waals surface area contributed by atoms with Crippen LogP contribution in [0.5, 0.6) is 5.75 Å². The van der Waals surface area contributed by atoms with Gasteiger partial charge in [-0.1, -0.05) is 18.2 Å². The third-order valence-electron chi connectivity index (χ3n) is 6.06. The number of nitrogens with zero attached hydrogens (tertiary/aromatic N) is 5. The summed E-state index contributed by atoms with van der Waals surface area (Å²) in [6.07, 6.45) is 0. The summed E-state index contributed by atoms with van der Waals surface area (Å²) in [5.74, 6) is -2.21. The number of rotatable bonds is 6. The zero-order valence-electron chi connectivity index (χ0n) is 18.7. The van der Waals surface area contributed by atoms with Gasteiger partial charge in [0, 0.05) is 24.3 Å². The number of fused-ring (bicyclic) bond motifs is 1. The van der Waals surface area contributed by atoms with Crippen LogP contribution in [0.3, 0.4) is 0 Å². The lowest BCUT2D eigenvalue weighted by Gasteiger charge is -2.22. The number of benzene rings is 3. The van der Waals surface area contributed by atoms with Crippen molar-refractivity contribution in [2.24, 2.45) is 11.0 Å². The van der Waals surface area contributed by atoms with Gasteiger partial charge in [-0.2, -0.15) is 5.10 Å². The van der Waals surface area contributed by atoms with Crippen LogP contribution in [0.2, 0.25) is 0 Å². The molecule has 0 spiro atoms. The summed E-state index contributed by atoms with van der Waals surface area (Å²) in [6, 6.07) is 16.9. The topological polar surface area (TPSA) is 148 Å². The van der Waals surface area contributed by atoms with Crippen molar-refractivity contribution in [2.75, 3.05) is 17.0 Å². The van der Waals surface area contributed by atoms with E-state index in [1.54, 1.807) is 30.3 Å². The molecular weight excluding hydrogens is 470 g/mol. The molecule has 2 atom stereocenters. The Morgan fingerprint density at radius 1 is 0.861 bits per heavy atom. The monoisotopic (exact) mass is 487 g/mol. The zero-order chi connectivity index (χ0) is 25.6. The van der Waals surface area contributed by atoms with Gasteiger partial charge in [-0.25, -0.2) is 4.90 Å². The van der Waals surface area contributed by atoms with Crippen LogP contribution in [0.4, 0.5) is 22.7 Å². The first-order valence-corrected chi connectivity index (χ1v) is 10.7. The van der Waals surface area contributed by atoms with Gasteiger partial charge in [-0.3, -0.25) is 34.8 Å². The average Bonchev–Trinajstić information content (AvgIpc) is 3.40. The third kappa shape index (κ3) is 3.52. The van der Waals surface area contributed by atoms with Gasteiger partial charge in [0.25, 0.3) is 17.3 Å². The van der Waals surface area contributed by atoms with E-state index in [1.807, 2.05) is 0 Å². The highest BCUT2D eigenvalue weighted by molar-refractivity contribution is 6.34. The second kappa shape index (κ2) is 8.58. The molecule has 1 fully saturated rings. The molecule has 2 aliphatic rings. The summed E-state index contributed by atoms with van der Waals surface area (Å²) in [5.41, 5.74) is 0.746. The van der Waals surface area contributed by atoms with Crippen LogP contribution >= 0.6 is 0 Å². The first kappa shape index (κ1) is 22.7. The molecule has 180 valence electrons. The first-order chi connectivity index (χ1) is 17.3. The van der Waals surface area contributed by atoms with Gasteiger partial charge in [0.2, 0.25) is 5.91 Å². The number of para-hydroxylation sites is 1. The minimum atomic E-state index is -1.06. The molecule has 0 aliphatic carbocycles. The van der Waals surface area contributed by atoms with Crippen LogP contribution in [0.25, 0.3) is 0 Å². The molecule has 12 nitrogen and oxygen atoms in total. The maximum atomic E-state index is 13.7. The molecule has 0 unspecified atom stereocenters. The molecule has 0 radical (unpaired) electrons. The summed E-state index contributed by atoms with van der Waals surface area (Å²) < 4.78 is 5.29. The number of imide groups is 1. The Balaban J connectivity index is 1.64. The van der Waals surface area contributed by atoms with E-state index in [1.165, 1.54) is 48.5 Å². The number of carbonyl (C=O) groups excluding carboxylic acids is 2. The van der Waals surface area contributed by atoms with Gasteiger partial charge in [0.1, 0.15) is 23.4 Å². The van der Waals surface area contributed by atoms with Gasteiger partial charge in [-0.05, 0) is 35.9 Å². The number of carbonyl (C=O) groups is 2. The number of methoxy groups -OCH3 is 1. The van der Waals surface area contributed by atoms with Crippen LogP contribution < -0.4 is 14.6 Å². The third-order valence-corrected chi connectivity index (χ3v) is 6.06. The van der Waals surface area contributed by atoms with Crippen molar-refractivity contribution in [3.8, 4) is 5.75 Å². The molecule has 0 aromatic heterocycles. The summed E-state index contributed by atoms with van der Waals surface area (Å²) in [7, 11) is 1.33. The molecular formula is C24H17N5O7. The molecule has 1 saturated heterocycles. The fourth-order valence-electron chi connectivity index (χ4n) is 4.40. The van der Waals surface area contributed by atoms with Crippen molar-refractivity contribution in [3.63, 3.8) is 0 Å². The molecule has 3 aromatic carbocycles. The van der Waals surface area contributed by atoms with E-state index >= 15 is 0 Å². The van der Waals surface area contributed by atoms with Crippen LogP contribution in [0.1, 0.15) is 5.56 Å². The number of ether oxygens (including phenoxy) is 1. The van der Waals surface area contributed by atoms with Crippen molar-refractivity contribution >= 4 is 40.3 Å². The zero-order valence-corrected chi connectivity index (χ0v) is 18.7. The number of nitro benzene ring substituents is 2. The molecule has 5 rings (SSSR count). The van der Waals surface area contributed by atoms with Crippen molar-refractivity contribution in [3.05, 3.63) is 98.6 Å². The second-order valence-corrected chi connectivity index (χ2v) is 8.02. The Morgan fingerprint density at radius 3 is 2.11 bits per heavy atom. The quantitative estimate of drug-likeness (QED) is 0.292. The highest BCUT2D eigenvalue weighted by Crippen LogP contribution is 2.42. The predicted octanol–water partition coefficient (Wildman–Crippen LogP) is 3.29. The van der Waals surface area contributed by atoms with E-state index < -0.39 is 33.6 Å². The van der Waals surface area contributed by atoms with Crippen LogP contribution in [0.15, 0.2) is 77.9 Å². The molecule has 0 bridgehead atoms. The number of anilines is 2. The van der Waals surface area contributed by atoms with E-state index in [2.05, 4.69) is 5.10 Å². The Hall–Kier alpha value is -5.13. The Bertz CT molecular complexity index is 1440. The van der Waals surface area contributed by atoms with E-state index in [4.69, 9.17) is 4.74 Å². The molecule has 0 N–H and O–H groups in total. The van der Waals surface area contributed by atoms with E-state index in [-0.39, 0.29) is 28.5 Å². The number of amides is 2. The van der Waals surface area contributed by atoms with Gasteiger partial charge in [0.15, 0.2) is 0 Å². The number of nitro groups is 2. The van der Waals surface area contributed by atoms with E-state index in [0.717, 1.165) is 11.0 Å². The molecule has 2 aliphatic heterocycles. The number of hydrogen-bond donors (Lipinski definition) is 0. The number of non-ortho nitro benzene ring substituents is 2. The number of hydrazone groups is 1. The molecule has 2 heterocycles. The standard InChI is InChI=1S/C24H17N5O7/c1-36-19-12-11-17(29(34)35)13-18(19)26-23(30)20-21(14-7-9-16(10-8-14)28(32)33)25-27(22(20)24(26)31)15-5-3-2-4-6-15/h2-13,20,22H,1H3/t20-,22-/m1/s1. The van der Waals surface area contributed by atoms with Crippen molar-refractivity contribution in [1.29, 1.82) is 0 Å².